The number of hydrogen-bond acceptors (Lipinski definition) is 2. The first-order valence-electron chi connectivity index (χ1n) is 6.59. The first-order valence-corrected chi connectivity index (χ1v) is 6.59. The summed E-state index contributed by atoms with van der Waals surface area (Å²) in [4.78, 5) is 26.2. The van der Waals surface area contributed by atoms with Gasteiger partial charge in [-0.15, -0.1) is 0 Å². The summed E-state index contributed by atoms with van der Waals surface area (Å²) in [5.41, 5.74) is 0.00522. The van der Waals surface area contributed by atoms with Crippen LogP contribution >= 0.6 is 0 Å². The first kappa shape index (κ1) is 15.6. The van der Waals surface area contributed by atoms with Gasteiger partial charge in [0.25, 0.3) is 0 Å². The van der Waals surface area contributed by atoms with Gasteiger partial charge in [-0.25, -0.2) is 9.59 Å². The number of urea groups is 2. The number of amides is 4. The first-order chi connectivity index (χ1) is 8.66. The van der Waals surface area contributed by atoms with Gasteiger partial charge in [0.2, 0.25) is 0 Å². The molecule has 1 aliphatic rings. The highest BCUT2D eigenvalue weighted by atomic mass is 16.2. The minimum Gasteiger partial charge on any atom is -0.338 e. The van der Waals surface area contributed by atoms with Crippen LogP contribution in [-0.4, -0.2) is 62.6 Å². The Morgan fingerprint density at radius 2 is 1.63 bits per heavy atom. The van der Waals surface area contributed by atoms with Crippen molar-refractivity contribution >= 4 is 12.1 Å². The van der Waals surface area contributed by atoms with E-state index in [-0.39, 0.29) is 23.5 Å². The Hall–Kier alpha value is -1.46. The van der Waals surface area contributed by atoms with E-state index in [4.69, 9.17) is 0 Å². The maximum Gasteiger partial charge on any atom is 0.317 e. The molecule has 0 aliphatic heterocycles. The van der Waals surface area contributed by atoms with Crippen molar-refractivity contribution in [3.63, 3.8) is 0 Å². The second-order valence-corrected chi connectivity index (χ2v) is 6.23. The summed E-state index contributed by atoms with van der Waals surface area (Å²) in [6.45, 7) is 4.91. The summed E-state index contributed by atoms with van der Waals surface area (Å²) in [7, 11) is 6.91. The third-order valence-corrected chi connectivity index (χ3v) is 4.08. The van der Waals surface area contributed by atoms with Crippen LogP contribution in [0.3, 0.4) is 0 Å². The van der Waals surface area contributed by atoms with Gasteiger partial charge in [-0.2, -0.15) is 0 Å². The molecule has 0 aromatic rings. The molecule has 2 atom stereocenters. The Morgan fingerprint density at radius 3 is 2.05 bits per heavy atom. The zero-order chi connectivity index (χ0) is 14.8. The van der Waals surface area contributed by atoms with Crippen molar-refractivity contribution in [1.82, 2.24) is 20.4 Å². The highest BCUT2D eigenvalue weighted by Gasteiger charge is 2.48. The Bertz CT molecular complexity index is 353. The van der Waals surface area contributed by atoms with Gasteiger partial charge in [0.1, 0.15) is 0 Å². The minimum atomic E-state index is -0.0726. The monoisotopic (exact) mass is 270 g/mol. The van der Waals surface area contributed by atoms with Gasteiger partial charge < -0.3 is 20.4 Å². The number of nitrogens with zero attached hydrogens (tertiary/aromatic N) is 2. The summed E-state index contributed by atoms with van der Waals surface area (Å²) in [5, 5.41) is 5.91. The predicted octanol–water partition coefficient (Wildman–Crippen LogP) is 0.944. The second kappa shape index (κ2) is 5.67. The normalized spacial score (nSPS) is 24.1. The van der Waals surface area contributed by atoms with Crippen LogP contribution in [-0.2, 0) is 0 Å². The van der Waals surface area contributed by atoms with Crippen molar-refractivity contribution < 1.29 is 9.59 Å². The average molecular weight is 270 g/mol. The summed E-state index contributed by atoms with van der Waals surface area (Å²) >= 11 is 0. The Balaban J connectivity index is 2.42. The molecule has 6 nitrogen and oxygen atoms in total. The van der Waals surface area contributed by atoms with E-state index in [0.717, 1.165) is 6.42 Å². The molecule has 0 bridgehead atoms. The van der Waals surface area contributed by atoms with Crippen molar-refractivity contribution in [1.29, 1.82) is 0 Å². The lowest BCUT2D eigenvalue weighted by molar-refractivity contribution is 0.0204. The lowest BCUT2D eigenvalue weighted by Gasteiger charge is -2.52. The Morgan fingerprint density at radius 1 is 1.11 bits per heavy atom. The molecule has 0 aromatic heterocycles. The number of nitrogens with one attached hydrogen (secondary N) is 2. The molecule has 110 valence electrons. The van der Waals surface area contributed by atoms with Crippen LogP contribution in [0.1, 0.15) is 20.3 Å². The number of carbonyl (C=O) groups excluding carboxylic acids is 2. The summed E-state index contributed by atoms with van der Waals surface area (Å²) in [5.74, 6) is 0.392. The van der Waals surface area contributed by atoms with Gasteiger partial charge in [0.15, 0.2) is 0 Å². The molecule has 6 heteroatoms. The molecule has 1 saturated carbocycles. The molecule has 0 heterocycles. The molecular formula is C13H26N4O2. The Labute approximate surface area is 115 Å². The van der Waals surface area contributed by atoms with Crippen LogP contribution in [0, 0.1) is 11.3 Å². The van der Waals surface area contributed by atoms with Crippen molar-refractivity contribution in [2.75, 3.05) is 34.7 Å². The highest BCUT2D eigenvalue weighted by Crippen LogP contribution is 2.45. The quantitative estimate of drug-likeness (QED) is 0.801. The van der Waals surface area contributed by atoms with Crippen molar-refractivity contribution in [3.8, 4) is 0 Å². The Kier molecular flexibility index (Phi) is 4.66. The lowest BCUT2D eigenvalue weighted by atomic mass is 9.58. The fraction of sp³-hybridized carbons (Fsp3) is 0.846. The van der Waals surface area contributed by atoms with E-state index in [1.165, 1.54) is 9.80 Å². The average Bonchev–Trinajstić information content (AvgIpc) is 2.31. The van der Waals surface area contributed by atoms with E-state index in [9.17, 15) is 9.59 Å². The summed E-state index contributed by atoms with van der Waals surface area (Å²) in [6, 6.07) is 0.0362. The van der Waals surface area contributed by atoms with Gasteiger partial charge in [-0.3, -0.25) is 0 Å². The van der Waals surface area contributed by atoms with Crippen LogP contribution in [0.25, 0.3) is 0 Å². The minimum absolute atomic E-state index is 0.00522. The van der Waals surface area contributed by atoms with E-state index in [0.29, 0.717) is 12.5 Å². The summed E-state index contributed by atoms with van der Waals surface area (Å²) < 4.78 is 0. The van der Waals surface area contributed by atoms with Crippen LogP contribution in [0.4, 0.5) is 9.59 Å². The molecular weight excluding hydrogens is 244 g/mol. The zero-order valence-corrected chi connectivity index (χ0v) is 12.8. The van der Waals surface area contributed by atoms with Crippen LogP contribution in [0.2, 0.25) is 0 Å². The van der Waals surface area contributed by atoms with E-state index < -0.39 is 0 Å². The predicted molar refractivity (Wildman–Crippen MR) is 75.0 cm³/mol. The topological polar surface area (TPSA) is 64.7 Å². The zero-order valence-electron chi connectivity index (χ0n) is 12.8. The van der Waals surface area contributed by atoms with Crippen molar-refractivity contribution in [3.05, 3.63) is 0 Å². The highest BCUT2D eigenvalue weighted by molar-refractivity contribution is 5.74. The third kappa shape index (κ3) is 3.52. The standard InChI is InChI=1S/C13H26N4O2/c1-13(2)9(8-14-11(18)16(3)4)7-10(13)15-12(19)17(5)6/h9-10H,7-8H2,1-6H3,(H,14,18)(H,15,19). The van der Waals surface area contributed by atoms with E-state index in [2.05, 4.69) is 24.5 Å². The van der Waals surface area contributed by atoms with Gasteiger partial charge >= 0.3 is 12.1 Å². The molecule has 2 N–H and O–H groups in total. The maximum atomic E-state index is 11.6. The second-order valence-electron chi connectivity index (χ2n) is 6.23. The lowest BCUT2D eigenvalue weighted by Crippen LogP contribution is -2.62. The molecule has 0 spiro atoms. The number of carbonyl (C=O) groups is 2. The van der Waals surface area contributed by atoms with Crippen LogP contribution in [0.5, 0.6) is 0 Å². The molecule has 1 rings (SSSR count). The van der Waals surface area contributed by atoms with Gasteiger partial charge in [-0.05, 0) is 17.8 Å². The smallest absolute Gasteiger partial charge is 0.317 e. The molecule has 2 unspecified atom stereocenters. The molecule has 19 heavy (non-hydrogen) atoms. The number of rotatable bonds is 3. The van der Waals surface area contributed by atoms with E-state index in [1.807, 2.05) is 0 Å². The third-order valence-electron chi connectivity index (χ3n) is 4.08. The van der Waals surface area contributed by atoms with Gasteiger partial charge in [0, 0.05) is 40.8 Å². The fourth-order valence-corrected chi connectivity index (χ4v) is 2.25. The maximum absolute atomic E-state index is 11.6. The van der Waals surface area contributed by atoms with Crippen molar-refractivity contribution in [2.45, 2.75) is 26.3 Å². The molecule has 4 amide bonds. The molecule has 0 aromatic carbocycles. The molecule has 1 fully saturated rings. The SMILES string of the molecule is CN(C)C(=O)NCC1CC(NC(=O)N(C)C)C1(C)C. The molecule has 0 saturated heterocycles. The van der Waals surface area contributed by atoms with Gasteiger partial charge in [-0.1, -0.05) is 13.8 Å². The van der Waals surface area contributed by atoms with Crippen LogP contribution in [0.15, 0.2) is 0 Å². The number of hydrogen-bond donors (Lipinski definition) is 2. The van der Waals surface area contributed by atoms with E-state index in [1.54, 1.807) is 28.2 Å². The van der Waals surface area contributed by atoms with E-state index >= 15 is 0 Å². The fourth-order valence-electron chi connectivity index (χ4n) is 2.25. The van der Waals surface area contributed by atoms with Gasteiger partial charge in [0.05, 0.1) is 0 Å². The largest absolute Gasteiger partial charge is 0.338 e. The van der Waals surface area contributed by atoms with Crippen molar-refractivity contribution in [2.24, 2.45) is 11.3 Å². The summed E-state index contributed by atoms with van der Waals surface area (Å²) in [6.07, 6.45) is 0.903. The molecule has 1 aliphatic carbocycles. The van der Waals surface area contributed by atoms with Crippen LogP contribution < -0.4 is 10.6 Å². The molecule has 0 radical (unpaired) electrons.